The maximum atomic E-state index is 12.8. The second-order valence-corrected chi connectivity index (χ2v) is 7.77. The lowest BCUT2D eigenvalue weighted by Gasteiger charge is -2.38. The van der Waals surface area contributed by atoms with Crippen LogP contribution in [0.2, 0.25) is 5.02 Å². The summed E-state index contributed by atoms with van der Waals surface area (Å²) < 4.78 is 38.5. The lowest BCUT2D eigenvalue weighted by Crippen LogP contribution is -2.39. The molecule has 0 amide bonds. The Morgan fingerprint density at radius 3 is 2.29 bits per heavy atom. The summed E-state index contributed by atoms with van der Waals surface area (Å²) in [6, 6.07) is 12.7. The quantitative estimate of drug-likeness (QED) is 0.712. The minimum absolute atomic E-state index is 0.00677. The lowest BCUT2D eigenvalue weighted by atomic mass is 9.82. The van der Waals surface area contributed by atoms with E-state index in [1.807, 2.05) is 24.3 Å². The highest BCUT2D eigenvalue weighted by atomic mass is 35.5. The number of carbonyl (C=O) groups is 1. The van der Waals surface area contributed by atoms with E-state index in [-0.39, 0.29) is 18.3 Å². The topological polar surface area (TPSA) is 40.5 Å². The molecule has 0 radical (unpaired) electrons. The Bertz CT molecular complexity index is 806. The van der Waals surface area contributed by atoms with Gasteiger partial charge < -0.3 is 5.11 Å². The minimum Gasteiger partial charge on any atom is -0.481 e. The Balaban J connectivity index is 1.77. The van der Waals surface area contributed by atoms with Crippen molar-refractivity contribution in [1.82, 2.24) is 4.90 Å². The van der Waals surface area contributed by atoms with E-state index in [1.165, 1.54) is 12.1 Å². The Hall–Kier alpha value is -2.05. The molecule has 0 saturated carbocycles. The second kappa shape index (κ2) is 8.53. The van der Waals surface area contributed by atoms with Gasteiger partial charge in [0.2, 0.25) is 0 Å². The van der Waals surface area contributed by atoms with Gasteiger partial charge in [0.15, 0.2) is 0 Å². The third-order valence-corrected chi connectivity index (χ3v) is 5.36. The fraction of sp³-hybridized carbons (Fsp3) is 0.381. The van der Waals surface area contributed by atoms with E-state index in [0.29, 0.717) is 31.1 Å². The Kier molecular flexibility index (Phi) is 6.30. The standard InChI is InChI=1S/C21H21ClF3NO2/c22-19-7-1-14(2-8-19)11-26-12-15(10-20(27)28)9-17(13-26)16-3-5-18(6-4-16)21(23,24)25/h1-8,15,17H,9-13H2,(H,27,28)/t15-,17+/m0/s1. The maximum absolute atomic E-state index is 12.8. The summed E-state index contributed by atoms with van der Waals surface area (Å²) in [5.41, 5.74) is 1.20. The van der Waals surface area contributed by atoms with Crippen molar-refractivity contribution >= 4 is 17.6 Å². The average molecular weight is 412 g/mol. The third-order valence-electron chi connectivity index (χ3n) is 5.10. The number of carboxylic acids is 1. The van der Waals surface area contributed by atoms with Crippen molar-refractivity contribution in [3.05, 3.63) is 70.2 Å². The zero-order chi connectivity index (χ0) is 20.3. The molecule has 1 aliphatic heterocycles. The van der Waals surface area contributed by atoms with Crippen LogP contribution >= 0.6 is 11.6 Å². The average Bonchev–Trinajstić information content (AvgIpc) is 2.62. The van der Waals surface area contributed by atoms with Gasteiger partial charge >= 0.3 is 12.1 Å². The smallest absolute Gasteiger partial charge is 0.416 e. The van der Waals surface area contributed by atoms with Crippen LogP contribution in [0, 0.1) is 5.92 Å². The Morgan fingerprint density at radius 1 is 1.07 bits per heavy atom. The summed E-state index contributed by atoms with van der Waals surface area (Å²) in [5, 5.41) is 9.84. The van der Waals surface area contributed by atoms with Gasteiger partial charge in [0, 0.05) is 31.1 Å². The zero-order valence-corrected chi connectivity index (χ0v) is 15.9. The van der Waals surface area contributed by atoms with Gasteiger partial charge in [-0.3, -0.25) is 9.69 Å². The van der Waals surface area contributed by atoms with Crippen LogP contribution < -0.4 is 0 Å². The van der Waals surface area contributed by atoms with Crippen LogP contribution in [0.1, 0.15) is 35.4 Å². The molecule has 3 nitrogen and oxygen atoms in total. The molecule has 28 heavy (non-hydrogen) atoms. The van der Waals surface area contributed by atoms with E-state index in [2.05, 4.69) is 4.90 Å². The molecule has 150 valence electrons. The number of carboxylic acid groups (broad SMARTS) is 1. The number of alkyl halides is 3. The van der Waals surface area contributed by atoms with Crippen molar-refractivity contribution in [2.75, 3.05) is 13.1 Å². The van der Waals surface area contributed by atoms with Gasteiger partial charge in [-0.25, -0.2) is 0 Å². The Morgan fingerprint density at radius 2 is 1.71 bits per heavy atom. The SMILES string of the molecule is O=C(O)C[C@@H]1C[C@@H](c2ccc(C(F)(F)F)cc2)CN(Cc2ccc(Cl)cc2)C1. The van der Waals surface area contributed by atoms with Crippen LogP contribution in [0.15, 0.2) is 48.5 Å². The van der Waals surface area contributed by atoms with E-state index in [0.717, 1.165) is 23.3 Å². The molecule has 0 aromatic heterocycles. The predicted molar refractivity (Wildman–Crippen MR) is 101 cm³/mol. The van der Waals surface area contributed by atoms with Crippen LogP contribution in [-0.4, -0.2) is 29.1 Å². The molecule has 2 aromatic rings. The maximum Gasteiger partial charge on any atom is 0.416 e. The van der Waals surface area contributed by atoms with E-state index in [4.69, 9.17) is 11.6 Å². The highest BCUT2D eigenvalue weighted by Crippen LogP contribution is 2.35. The number of hydrogen-bond donors (Lipinski definition) is 1. The number of rotatable bonds is 5. The first-order valence-electron chi connectivity index (χ1n) is 9.06. The van der Waals surface area contributed by atoms with Crippen molar-refractivity contribution < 1.29 is 23.1 Å². The molecule has 7 heteroatoms. The van der Waals surface area contributed by atoms with Crippen molar-refractivity contribution in [3.63, 3.8) is 0 Å². The molecule has 1 N–H and O–H groups in total. The molecule has 0 bridgehead atoms. The van der Waals surface area contributed by atoms with Gasteiger partial charge in [0.1, 0.15) is 0 Å². The number of aliphatic carboxylic acids is 1. The number of halogens is 4. The van der Waals surface area contributed by atoms with Crippen LogP contribution in [0.3, 0.4) is 0 Å². The molecular formula is C21H21ClF3NO2. The van der Waals surface area contributed by atoms with E-state index >= 15 is 0 Å². The van der Waals surface area contributed by atoms with Gasteiger partial charge in [-0.15, -0.1) is 0 Å². The summed E-state index contributed by atoms with van der Waals surface area (Å²) in [6.07, 6.45) is -3.67. The molecule has 0 unspecified atom stereocenters. The van der Waals surface area contributed by atoms with Gasteiger partial charge in [-0.2, -0.15) is 13.2 Å². The molecule has 0 spiro atoms. The molecule has 1 fully saturated rings. The summed E-state index contributed by atoms with van der Waals surface area (Å²) in [4.78, 5) is 13.4. The van der Waals surface area contributed by atoms with Gasteiger partial charge in [0.05, 0.1) is 5.56 Å². The Labute approximate surface area is 166 Å². The van der Waals surface area contributed by atoms with E-state index < -0.39 is 17.7 Å². The normalized spacial score (nSPS) is 20.9. The molecule has 1 saturated heterocycles. The van der Waals surface area contributed by atoms with Crippen molar-refractivity contribution in [2.24, 2.45) is 5.92 Å². The number of benzene rings is 2. The minimum atomic E-state index is -4.36. The van der Waals surface area contributed by atoms with Crippen LogP contribution in [-0.2, 0) is 17.5 Å². The van der Waals surface area contributed by atoms with Crippen LogP contribution in [0.4, 0.5) is 13.2 Å². The van der Waals surface area contributed by atoms with Gasteiger partial charge in [-0.1, -0.05) is 35.9 Å². The monoisotopic (exact) mass is 411 g/mol. The molecule has 2 atom stereocenters. The number of likely N-dealkylation sites (tertiary alicyclic amines) is 1. The molecule has 1 aliphatic rings. The molecule has 3 rings (SSSR count). The largest absolute Gasteiger partial charge is 0.481 e. The highest BCUT2D eigenvalue weighted by molar-refractivity contribution is 6.30. The summed E-state index contributed by atoms with van der Waals surface area (Å²) in [6.45, 7) is 1.96. The number of hydrogen-bond acceptors (Lipinski definition) is 2. The highest BCUT2D eigenvalue weighted by Gasteiger charge is 2.32. The van der Waals surface area contributed by atoms with Crippen LogP contribution in [0.25, 0.3) is 0 Å². The summed E-state index contributed by atoms with van der Waals surface area (Å²) >= 11 is 5.92. The molecule has 2 aromatic carbocycles. The first kappa shape index (κ1) is 20.7. The zero-order valence-electron chi connectivity index (χ0n) is 15.1. The number of nitrogens with zero attached hydrogens (tertiary/aromatic N) is 1. The van der Waals surface area contributed by atoms with Crippen LogP contribution in [0.5, 0.6) is 0 Å². The molecule has 1 heterocycles. The fourth-order valence-corrected chi connectivity index (χ4v) is 3.99. The molecule has 0 aliphatic carbocycles. The first-order chi connectivity index (χ1) is 13.2. The lowest BCUT2D eigenvalue weighted by molar-refractivity contribution is -0.139. The fourth-order valence-electron chi connectivity index (χ4n) is 3.86. The van der Waals surface area contributed by atoms with E-state index in [9.17, 15) is 23.1 Å². The van der Waals surface area contributed by atoms with E-state index in [1.54, 1.807) is 0 Å². The summed E-state index contributed by atoms with van der Waals surface area (Å²) in [5.74, 6) is -0.914. The second-order valence-electron chi connectivity index (χ2n) is 7.34. The van der Waals surface area contributed by atoms with Crippen molar-refractivity contribution in [3.8, 4) is 0 Å². The van der Waals surface area contributed by atoms with Gasteiger partial charge in [0.25, 0.3) is 0 Å². The number of piperidine rings is 1. The van der Waals surface area contributed by atoms with Gasteiger partial charge in [-0.05, 0) is 53.6 Å². The van der Waals surface area contributed by atoms with Crippen molar-refractivity contribution in [2.45, 2.75) is 31.5 Å². The summed E-state index contributed by atoms with van der Waals surface area (Å²) in [7, 11) is 0. The third kappa shape index (κ3) is 5.49. The van der Waals surface area contributed by atoms with Crippen molar-refractivity contribution in [1.29, 1.82) is 0 Å². The first-order valence-corrected chi connectivity index (χ1v) is 9.44. The molecular weight excluding hydrogens is 391 g/mol. The predicted octanol–water partition coefficient (Wildman–Crippen LogP) is 5.44.